The zero-order valence-corrected chi connectivity index (χ0v) is 13.6. The van der Waals surface area contributed by atoms with Crippen molar-refractivity contribution in [2.45, 2.75) is 51.3 Å². The van der Waals surface area contributed by atoms with Gasteiger partial charge in [-0.15, -0.1) is 4.72 Å². The number of nitrogens with zero attached hydrogens (tertiary/aromatic N) is 2. The van der Waals surface area contributed by atoms with E-state index in [1.54, 1.807) is 12.4 Å². The van der Waals surface area contributed by atoms with E-state index < -0.39 is 11.4 Å². The molecule has 0 bridgehead atoms. The highest BCUT2D eigenvalue weighted by molar-refractivity contribution is 9.10. The molecule has 1 rings (SSSR count). The van der Waals surface area contributed by atoms with Crippen molar-refractivity contribution in [1.29, 1.82) is 0 Å². The van der Waals surface area contributed by atoms with Crippen LogP contribution in [0.3, 0.4) is 0 Å². The molecule has 0 aromatic carbocycles. The molecule has 0 saturated heterocycles. The molecule has 0 amide bonds. The SMILES string of the molecule is CCC[C@@H](N[S@+]([O-])C(C)(C)C)c1cncc(Br)n1. The van der Waals surface area contributed by atoms with Crippen molar-refractivity contribution >= 4 is 27.3 Å². The predicted octanol–water partition coefficient (Wildman–Crippen LogP) is 3.13. The molecule has 0 radical (unpaired) electrons. The van der Waals surface area contributed by atoms with E-state index in [4.69, 9.17) is 0 Å². The second-order valence-corrected chi connectivity index (χ2v) is 7.92. The summed E-state index contributed by atoms with van der Waals surface area (Å²) in [4.78, 5) is 8.49. The Morgan fingerprint density at radius 2 is 2.11 bits per heavy atom. The van der Waals surface area contributed by atoms with E-state index in [1.807, 2.05) is 20.8 Å². The molecule has 1 aromatic heterocycles. The molecule has 18 heavy (non-hydrogen) atoms. The first-order chi connectivity index (χ1) is 8.34. The van der Waals surface area contributed by atoms with E-state index in [0.29, 0.717) is 4.60 Å². The van der Waals surface area contributed by atoms with Crippen molar-refractivity contribution in [3.63, 3.8) is 0 Å². The van der Waals surface area contributed by atoms with Gasteiger partial charge in [-0.05, 0) is 43.1 Å². The van der Waals surface area contributed by atoms with Gasteiger partial charge in [0.1, 0.15) is 9.35 Å². The lowest BCUT2D eigenvalue weighted by molar-refractivity contribution is 0.503. The summed E-state index contributed by atoms with van der Waals surface area (Å²) in [7, 11) is 0. The third-order valence-electron chi connectivity index (χ3n) is 2.36. The van der Waals surface area contributed by atoms with Gasteiger partial charge >= 0.3 is 0 Å². The van der Waals surface area contributed by atoms with E-state index in [0.717, 1.165) is 18.5 Å². The van der Waals surface area contributed by atoms with E-state index in [2.05, 4.69) is 37.5 Å². The third kappa shape index (κ3) is 4.84. The van der Waals surface area contributed by atoms with Crippen molar-refractivity contribution in [2.24, 2.45) is 0 Å². The summed E-state index contributed by atoms with van der Waals surface area (Å²) in [6.45, 7) is 7.95. The Kier molecular flexibility index (Phi) is 6.04. The van der Waals surface area contributed by atoms with Gasteiger partial charge in [0.15, 0.2) is 0 Å². The second-order valence-electron chi connectivity index (χ2n) is 5.11. The Balaban J connectivity index is 2.83. The van der Waals surface area contributed by atoms with Crippen molar-refractivity contribution in [3.8, 4) is 0 Å². The molecule has 0 spiro atoms. The number of rotatable bonds is 5. The maximum absolute atomic E-state index is 12.1. The monoisotopic (exact) mass is 333 g/mol. The fourth-order valence-corrected chi connectivity index (χ4v) is 2.56. The van der Waals surface area contributed by atoms with Crippen LogP contribution in [0.15, 0.2) is 17.0 Å². The van der Waals surface area contributed by atoms with Gasteiger partial charge in [-0.3, -0.25) is 4.98 Å². The minimum absolute atomic E-state index is 0.0277. The highest BCUT2D eigenvalue weighted by Gasteiger charge is 2.30. The second kappa shape index (κ2) is 6.84. The van der Waals surface area contributed by atoms with Crippen molar-refractivity contribution in [2.75, 3.05) is 0 Å². The highest BCUT2D eigenvalue weighted by atomic mass is 79.9. The van der Waals surface area contributed by atoms with Crippen LogP contribution in [-0.2, 0) is 11.4 Å². The number of aromatic nitrogens is 2. The van der Waals surface area contributed by atoms with Gasteiger partial charge in [0.05, 0.1) is 24.1 Å². The Labute approximate surface area is 120 Å². The Bertz CT molecular complexity index is 384. The van der Waals surface area contributed by atoms with Crippen LogP contribution in [0.1, 0.15) is 52.3 Å². The van der Waals surface area contributed by atoms with Crippen LogP contribution in [0, 0.1) is 0 Å². The first-order valence-corrected chi connectivity index (χ1v) is 7.94. The van der Waals surface area contributed by atoms with Crippen LogP contribution in [0.2, 0.25) is 0 Å². The minimum atomic E-state index is -1.11. The Hall–Kier alpha value is -0.170. The third-order valence-corrected chi connectivity index (χ3v) is 4.36. The molecule has 2 atom stereocenters. The highest BCUT2D eigenvalue weighted by Crippen LogP contribution is 2.22. The zero-order chi connectivity index (χ0) is 13.8. The van der Waals surface area contributed by atoms with Crippen molar-refractivity contribution in [3.05, 3.63) is 22.7 Å². The van der Waals surface area contributed by atoms with Crippen LogP contribution >= 0.6 is 15.9 Å². The smallest absolute Gasteiger partial charge is 0.136 e. The van der Waals surface area contributed by atoms with E-state index in [-0.39, 0.29) is 10.8 Å². The first kappa shape index (κ1) is 15.9. The van der Waals surface area contributed by atoms with Gasteiger partial charge in [0, 0.05) is 11.4 Å². The molecule has 4 nitrogen and oxygen atoms in total. The van der Waals surface area contributed by atoms with Crippen LogP contribution < -0.4 is 4.72 Å². The molecule has 1 aromatic rings. The fourth-order valence-electron chi connectivity index (χ4n) is 1.39. The van der Waals surface area contributed by atoms with Crippen LogP contribution in [0.5, 0.6) is 0 Å². The molecular formula is C12H20BrN3OS. The number of halogens is 1. The summed E-state index contributed by atoms with van der Waals surface area (Å²) < 4.78 is 15.7. The molecule has 0 saturated carbocycles. The number of nitrogens with one attached hydrogen (secondary N) is 1. The average Bonchev–Trinajstić information content (AvgIpc) is 2.27. The topological polar surface area (TPSA) is 60.9 Å². The molecule has 1 heterocycles. The molecule has 6 heteroatoms. The number of hydrogen-bond donors (Lipinski definition) is 1. The van der Waals surface area contributed by atoms with Crippen LogP contribution in [-0.4, -0.2) is 19.3 Å². The molecule has 102 valence electrons. The number of hydrogen-bond acceptors (Lipinski definition) is 4. The van der Waals surface area contributed by atoms with Gasteiger partial charge in [-0.25, -0.2) is 4.98 Å². The zero-order valence-electron chi connectivity index (χ0n) is 11.2. The molecule has 0 fully saturated rings. The predicted molar refractivity (Wildman–Crippen MR) is 78.4 cm³/mol. The summed E-state index contributed by atoms with van der Waals surface area (Å²) in [5, 5.41) is 0. The molecule has 1 N–H and O–H groups in total. The van der Waals surface area contributed by atoms with E-state index in [9.17, 15) is 4.55 Å². The molecule has 0 aliphatic rings. The minimum Gasteiger partial charge on any atom is -0.598 e. The molecule has 0 unspecified atom stereocenters. The normalized spacial score (nSPS) is 15.4. The Morgan fingerprint density at radius 3 is 2.61 bits per heavy atom. The van der Waals surface area contributed by atoms with Gasteiger partial charge in [-0.1, -0.05) is 13.3 Å². The summed E-state index contributed by atoms with van der Waals surface area (Å²) in [5.41, 5.74) is 0.823. The summed E-state index contributed by atoms with van der Waals surface area (Å²) in [5.74, 6) is 0. The van der Waals surface area contributed by atoms with Gasteiger partial charge < -0.3 is 4.55 Å². The maximum atomic E-state index is 12.1. The Morgan fingerprint density at radius 1 is 1.44 bits per heavy atom. The molecule has 0 aliphatic heterocycles. The van der Waals surface area contributed by atoms with Crippen LogP contribution in [0.4, 0.5) is 0 Å². The van der Waals surface area contributed by atoms with E-state index >= 15 is 0 Å². The summed E-state index contributed by atoms with van der Waals surface area (Å²) in [6, 6.07) is -0.0277. The lowest BCUT2D eigenvalue weighted by Gasteiger charge is -2.27. The maximum Gasteiger partial charge on any atom is 0.136 e. The van der Waals surface area contributed by atoms with Gasteiger partial charge in [0.25, 0.3) is 0 Å². The lowest BCUT2D eigenvalue weighted by Crippen LogP contribution is -2.41. The molecular weight excluding hydrogens is 314 g/mol. The summed E-state index contributed by atoms with van der Waals surface area (Å²) in [6.07, 6.45) is 5.24. The van der Waals surface area contributed by atoms with E-state index in [1.165, 1.54) is 0 Å². The first-order valence-electron chi connectivity index (χ1n) is 6.00. The standard InChI is InChI=1S/C12H20BrN3OS/c1-5-6-9(16-18(17)12(2,3)4)10-7-14-8-11(13)15-10/h7-9,16H,5-6H2,1-4H3/t9-,18-/m1/s1. The van der Waals surface area contributed by atoms with Gasteiger partial charge in [0.2, 0.25) is 0 Å². The fraction of sp³-hybridized carbons (Fsp3) is 0.667. The van der Waals surface area contributed by atoms with Crippen molar-refractivity contribution in [1.82, 2.24) is 14.7 Å². The van der Waals surface area contributed by atoms with Gasteiger partial charge in [-0.2, -0.15) is 0 Å². The van der Waals surface area contributed by atoms with Crippen molar-refractivity contribution < 1.29 is 4.55 Å². The van der Waals surface area contributed by atoms with Crippen LogP contribution in [0.25, 0.3) is 0 Å². The lowest BCUT2D eigenvalue weighted by atomic mass is 10.1. The summed E-state index contributed by atoms with van der Waals surface area (Å²) >= 11 is 2.20. The quantitative estimate of drug-likeness (QED) is 0.841. The molecule has 0 aliphatic carbocycles. The average molecular weight is 334 g/mol. The largest absolute Gasteiger partial charge is 0.598 e.